The van der Waals surface area contributed by atoms with Crippen molar-refractivity contribution in [2.24, 2.45) is 0 Å². The molecule has 1 aromatic heterocycles. The molecule has 27 heavy (non-hydrogen) atoms. The second-order valence-electron chi connectivity index (χ2n) is 8.17. The molecule has 1 N–H and O–H groups in total. The lowest BCUT2D eigenvalue weighted by Crippen LogP contribution is -2.46. The SMILES string of the molecule is Cc1cc(N2CCN(C/C=C/c3ccccc3)CC2)nc(NC(C)(C)C)n1. The minimum absolute atomic E-state index is 0.0468. The average Bonchev–Trinajstić information content (AvgIpc) is 2.61. The van der Waals surface area contributed by atoms with Gasteiger partial charge < -0.3 is 10.2 Å². The van der Waals surface area contributed by atoms with E-state index in [0.29, 0.717) is 5.95 Å². The van der Waals surface area contributed by atoms with Crippen molar-refractivity contribution >= 4 is 17.8 Å². The second kappa shape index (κ2) is 8.53. The summed E-state index contributed by atoms with van der Waals surface area (Å²) in [5.41, 5.74) is 2.21. The Morgan fingerprint density at radius 3 is 2.41 bits per heavy atom. The van der Waals surface area contributed by atoms with E-state index in [2.05, 4.69) is 83.4 Å². The fraction of sp³-hybridized carbons (Fsp3) is 0.455. The Morgan fingerprint density at radius 2 is 1.74 bits per heavy atom. The zero-order chi connectivity index (χ0) is 19.3. The summed E-state index contributed by atoms with van der Waals surface area (Å²) in [7, 11) is 0. The largest absolute Gasteiger partial charge is 0.354 e. The van der Waals surface area contributed by atoms with Gasteiger partial charge in [-0.05, 0) is 33.3 Å². The molecule has 0 radical (unpaired) electrons. The molecule has 1 saturated heterocycles. The van der Waals surface area contributed by atoms with Crippen LogP contribution < -0.4 is 10.2 Å². The molecule has 0 saturated carbocycles. The van der Waals surface area contributed by atoms with Crippen LogP contribution in [-0.2, 0) is 0 Å². The lowest BCUT2D eigenvalue weighted by molar-refractivity contribution is 0.283. The van der Waals surface area contributed by atoms with E-state index < -0.39 is 0 Å². The van der Waals surface area contributed by atoms with Crippen LogP contribution in [0.4, 0.5) is 11.8 Å². The van der Waals surface area contributed by atoms with E-state index in [1.165, 1.54) is 5.56 Å². The van der Waals surface area contributed by atoms with Crippen LogP contribution in [0.2, 0.25) is 0 Å². The zero-order valence-electron chi connectivity index (χ0n) is 16.9. The minimum Gasteiger partial charge on any atom is -0.354 e. The molecule has 0 spiro atoms. The molecule has 0 aliphatic carbocycles. The first-order chi connectivity index (χ1) is 12.9. The first-order valence-electron chi connectivity index (χ1n) is 9.72. The number of nitrogens with one attached hydrogen (secondary N) is 1. The van der Waals surface area contributed by atoms with E-state index >= 15 is 0 Å². The van der Waals surface area contributed by atoms with Gasteiger partial charge in [0.25, 0.3) is 0 Å². The Kier molecular flexibility index (Phi) is 6.11. The number of nitrogens with zero attached hydrogens (tertiary/aromatic N) is 4. The number of piperazine rings is 1. The van der Waals surface area contributed by atoms with Crippen molar-refractivity contribution in [1.29, 1.82) is 0 Å². The monoisotopic (exact) mass is 365 g/mol. The van der Waals surface area contributed by atoms with Crippen molar-refractivity contribution in [2.75, 3.05) is 42.9 Å². The molecule has 0 unspecified atom stereocenters. The fourth-order valence-corrected chi connectivity index (χ4v) is 3.17. The van der Waals surface area contributed by atoms with Crippen LogP contribution in [0, 0.1) is 6.92 Å². The molecule has 1 aromatic carbocycles. The molecule has 0 bridgehead atoms. The predicted octanol–water partition coefficient (Wildman–Crippen LogP) is 3.83. The molecule has 2 aromatic rings. The number of aromatic nitrogens is 2. The first-order valence-corrected chi connectivity index (χ1v) is 9.72. The van der Waals surface area contributed by atoms with Crippen molar-refractivity contribution in [3.63, 3.8) is 0 Å². The van der Waals surface area contributed by atoms with E-state index in [1.807, 2.05) is 13.0 Å². The molecule has 0 amide bonds. The van der Waals surface area contributed by atoms with Crippen LogP contribution >= 0.6 is 0 Å². The van der Waals surface area contributed by atoms with Crippen LogP contribution in [0.3, 0.4) is 0 Å². The quantitative estimate of drug-likeness (QED) is 0.872. The van der Waals surface area contributed by atoms with E-state index in [9.17, 15) is 0 Å². The van der Waals surface area contributed by atoms with Crippen molar-refractivity contribution in [3.8, 4) is 0 Å². The molecular formula is C22H31N5. The summed E-state index contributed by atoms with van der Waals surface area (Å²) >= 11 is 0. The molecule has 144 valence electrons. The van der Waals surface area contributed by atoms with Gasteiger partial charge in [-0.25, -0.2) is 4.98 Å². The summed E-state index contributed by atoms with van der Waals surface area (Å²) in [6.07, 6.45) is 4.45. The van der Waals surface area contributed by atoms with Crippen molar-refractivity contribution < 1.29 is 0 Å². The van der Waals surface area contributed by atoms with Gasteiger partial charge in [-0.3, -0.25) is 4.90 Å². The van der Waals surface area contributed by atoms with E-state index in [1.54, 1.807) is 0 Å². The molecule has 3 rings (SSSR count). The molecule has 5 heteroatoms. The van der Waals surface area contributed by atoms with Gasteiger partial charge in [0.1, 0.15) is 5.82 Å². The Hall–Kier alpha value is -2.40. The van der Waals surface area contributed by atoms with Gasteiger partial charge >= 0.3 is 0 Å². The summed E-state index contributed by atoms with van der Waals surface area (Å²) < 4.78 is 0. The van der Waals surface area contributed by atoms with Gasteiger partial charge in [-0.2, -0.15) is 4.98 Å². The number of benzene rings is 1. The van der Waals surface area contributed by atoms with Crippen LogP contribution in [-0.4, -0.2) is 53.1 Å². The normalized spacial score (nSPS) is 16.1. The van der Waals surface area contributed by atoms with Gasteiger partial charge in [-0.15, -0.1) is 0 Å². The highest BCUT2D eigenvalue weighted by atomic mass is 15.3. The van der Waals surface area contributed by atoms with Crippen molar-refractivity contribution in [3.05, 3.63) is 53.7 Å². The molecule has 1 fully saturated rings. The van der Waals surface area contributed by atoms with E-state index in [-0.39, 0.29) is 5.54 Å². The maximum atomic E-state index is 4.74. The van der Waals surface area contributed by atoms with E-state index in [4.69, 9.17) is 4.98 Å². The lowest BCUT2D eigenvalue weighted by Gasteiger charge is -2.35. The van der Waals surface area contributed by atoms with Gasteiger partial charge in [0.05, 0.1) is 0 Å². The van der Waals surface area contributed by atoms with Crippen molar-refractivity contribution in [2.45, 2.75) is 33.2 Å². The standard InChI is InChI=1S/C22H31N5/c1-18-17-20(24-21(23-18)25-22(2,3)4)27-15-13-26(14-16-27)12-8-11-19-9-6-5-7-10-19/h5-11,17H,12-16H2,1-4H3,(H,23,24,25)/b11-8+. The fourth-order valence-electron chi connectivity index (χ4n) is 3.17. The Morgan fingerprint density at radius 1 is 1.04 bits per heavy atom. The van der Waals surface area contributed by atoms with Crippen LogP contribution in [0.1, 0.15) is 32.0 Å². The smallest absolute Gasteiger partial charge is 0.225 e. The molecule has 1 aliphatic heterocycles. The second-order valence-corrected chi connectivity index (χ2v) is 8.17. The highest BCUT2D eigenvalue weighted by Gasteiger charge is 2.19. The summed E-state index contributed by atoms with van der Waals surface area (Å²) in [6, 6.07) is 12.5. The molecular weight excluding hydrogens is 334 g/mol. The third-order valence-corrected chi connectivity index (χ3v) is 4.50. The van der Waals surface area contributed by atoms with Crippen LogP contribution in [0.5, 0.6) is 0 Å². The highest BCUT2D eigenvalue weighted by molar-refractivity contribution is 5.49. The van der Waals surface area contributed by atoms with Gasteiger partial charge in [-0.1, -0.05) is 42.5 Å². The van der Waals surface area contributed by atoms with Crippen LogP contribution in [0.15, 0.2) is 42.5 Å². The van der Waals surface area contributed by atoms with Gasteiger partial charge in [0.2, 0.25) is 5.95 Å². The Bertz CT molecular complexity index is 756. The Labute approximate surface area is 163 Å². The number of hydrogen-bond donors (Lipinski definition) is 1. The van der Waals surface area contributed by atoms with Gasteiger partial charge in [0, 0.05) is 50.0 Å². The summed E-state index contributed by atoms with van der Waals surface area (Å²) in [6.45, 7) is 13.5. The van der Waals surface area contributed by atoms with Gasteiger partial charge in [0.15, 0.2) is 0 Å². The van der Waals surface area contributed by atoms with E-state index in [0.717, 1.165) is 44.2 Å². The summed E-state index contributed by atoms with van der Waals surface area (Å²) in [5, 5.41) is 3.39. The molecule has 5 nitrogen and oxygen atoms in total. The van der Waals surface area contributed by atoms with Crippen molar-refractivity contribution in [1.82, 2.24) is 14.9 Å². The number of rotatable bonds is 5. The average molecular weight is 366 g/mol. The topological polar surface area (TPSA) is 44.3 Å². The highest BCUT2D eigenvalue weighted by Crippen LogP contribution is 2.19. The maximum Gasteiger partial charge on any atom is 0.225 e. The third-order valence-electron chi connectivity index (χ3n) is 4.50. The van der Waals surface area contributed by atoms with Crippen LogP contribution in [0.25, 0.3) is 6.08 Å². The molecule has 2 heterocycles. The Balaban J connectivity index is 1.55. The number of anilines is 2. The first kappa shape index (κ1) is 19.4. The molecule has 1 aliphatic rings. The summed E-state index contributed by atoms with van der Waals surface area (Å²) in [5.74, 6) is 1.74. The molecule has 0 atom stereocenters. The summed E-state index contributed by atoms with van der Waals surface area (Å²) in [4.78, 5) is 14.1. The third kappa shape index (κ3) is 6.07. The zero-order valence-corrected chi connectivity index (χ0v) is 16.9. The predicted molar refractivity (Wildman–Crippen MR) is 114 cm³/mol. The number of hydrogen-bond acceptors (Lipinski definition) is 5. The lowest BCUT2D eigenvalue weighted by atomic mass is 10.1. The number of aryl methyl sites for hydroxylation is 1. The minimum atomic E-state index is -0.0468. The maximum absolute atomic E-state index is 4.74.